The molecule has 126 valence electrons. The Hall–Kier alpha value is -2.96. The van der Waals surface area contributed by atoms with Crippen LogP contribution in [0.4, 0.5) is 0 Å². The lowest BCUT2D eigenvalue weighted by Gasteiger charge is -2.16. The van der Waals surface area contributed by atoms with Gasteiger partial charge in [-0.15, -0.1) is 0 Å². The number of carbonyl (C=O) groups is 2. The number of carbonyl (C=O) groups excluding carboxylic acids is 2. The topological polar surface area (TPSA) is 84.4 Å². The summed E-state index contributed by atoms with van der Waals surface area (Å²) in [7, 11) is 4.79. The molecule has 0 aliphatic rings. The number of benzene rings is 1. The van der Waals surface area contributed by atoms with Gasteiger partial charge in [0.05, 0.1) is 7.11 Å². The first-order valence-electron chi connectivity index (χ1n) is 7.48. The van der Waals surface area contributed by atoms with E-state index in [1.807, 2.05) is 0 Å². The van der Waals surface area contributed by atoms with Crippen molar-refractivity contribution in [1.29, 1.82) is 0 Å². The minimum atomic E-state index is -0.142. The van der Waals surface area contributed by atoms with Gasteiger partial charge in [-0.25, -0.2) is 4.98 Å². The van der Waals surface area contributed by atoms with Crippen molar-refractivity contribution in [2.75, 3.05) is 27.7 Å². The Morgan fingerprint density at radius 1 is 1.21 bits per heavy atom. The van der Waals surface area contributed by atoms with Crippen LogP contribution in [-0.2, 0) is 4.79 Å². The number of aromatic nitrogens is 2. The smallest absolute Gasteiger partial charge is 0.253 e. The molecule has 2 aromatic rings. The summed E-state index contributed by atoms with van der Waals surface area (Å²) in [5, 5.41) is 2.53. The van der Waals surface area contributed by atoms with Crippen LogP contribution in [0.25, 0.3) is 11.4 Å². The van der Waals surface area contributed by atoms with Crippen molar-refractivity contribution in [3.8, 4) is 17.3 Å². The summed E-state index contributed by atoms with van der Waals surface area (Å²) in [6.07, 6.45) is 1.89. The maximum Gasteiger partial charge on any atom is 0.253 e. The molecule has 1 heterocycles. The quantitative estimate of drug-likeness (QED) is 0.865. The van der Waals surface area contributed by atoms with Crippen LogP contribution in [0.3, 0.4) is 0 Å². The fourth-order valence-corrected chi connectivity index (χ4v) is 2.07. The number of nitrogens with one attached hydrogen (secondary N) is 1. The lowest BCUT2D eigenvalue weighted by Crippen LogP contribution is -2.31. The van der Waals surface area contributed by atoms with Crippen LogP contribution in [0, 0.1) is 0 Å². The molecular weight excluding hydrogens is 308 g/mol. The minimum Gasteiger partial charge on any atom is -0.481 e. The molecule has 0 atom stereocenters. The molecule has 0 saturated heterocycles. The monoisotopic (exact) mass is 328 g/mol. The van der Waals surface area contributed by atoms with Crippen LogP contribution in [0.15, 0.2) is 36.5 Å². The van der Waals surface area contributed by atoms with Crippen molar-refractivity contribution in [2.24, 2.45) is 0 Å². The maximum absolute atomic E-state index is 12.3. The largest absolute Gasteiger partial charge is 0.481 e. The lowest BCUT2D eigenvalue weighted by molar-refractivity contribution is -0.120. The molecule has 7 heteroatoms. The van der Waals surface area contributed by atoms with Crippen LogP contribution in [0.5, 0.6) is 5.88 Å². The SMILES string of the molecule is CNC(=O)CCN(C)C(=O)c1ccc(-c2nccc(OC)n2)cc1. The van der Waals surface area contributed by atoms with Gasteiger partial charge in [-0.1, -0.05) is 12.1 Å². The van der Waals surface area contributed by atoms with Crippen molar-refractivity contribution >= 4 is 11.8 Å². The van der Waals surface area contributed by atoms with E-state index < -0.39 is 0 Å². The Morgan fingerprint density at radius 3 is 2.54 bits per heavy atom. The zero-order chi connectivity index (χ0) is 17.5. The van der Waals surface area contributed by atoms with E-state index in [-0.39, 0.29) is 18.2 Å². The molecule has 0 unspecified atom stereocenters. The van der Waals surface area contributed by atoms with E-state index in [0.717, 1.165) is 5.56 Å². The third-order valence-electron chi connectivity index (χ3n) is 3.53. The number of nitrogens with zero attached hydrogens (tertiary/aromatic N) is 3. The third-order valence-corrected chi connectivity index (χ3v) is 3.53. The number of methoxy groups -OCH3 is 1. The van der Waals surface area contributed by atoms with E-state index in [2.05, 4.69) is 15.3 Å². The highest BCUT2D eigenvalue weighted by molar-refractivity contribution is 5.94. The Balaban J connectivity index is 2.08. The predicted molar refractivity (Wildman–Crippen MR) is 89.7 cm³/mol. The second-order valence-electron chi connectivity index (χ2n) is 5.15. The van der Waals surface area contributed by atoms with E-state index in [0.29, 0.717) is 23.8 Å². The molecule has 2 amide bonds. The van der Waals surface area contributed by atoms with Crippen molar-refractivity contribution < 1.29 is 14.3 Å². The van der Waals surface area contributed by atoms with Gasteiger partial charge in [0.15, 0.2) is 5.82 Å². The van der Waals surface area contributed by atoms with Gasteiger partial charge in [-0.2, -0.15) is 4.98 Å². The van der Waals surface area contributed by atoms with Crippen molar-refractivity contribution in [3.63, 3.8) is 0 Å². The van der Waals surface area contributed by atoms with Gasteiger partial charge in [-0.05, 0) is 12.1 Å². The first-order valence-corrected chi connectivity index (χ1v) is 7.48. The van der Waals surface area contributed by atoms with E-state index in [4.69, 9.17) is 4.74 Å². The second-order valence-corrected chi connectivity index (χ2v) is 5.15. The van der Waals surface area contributed by atoms with Crippen molar-refractivity contribution in [1.82, 2.24) is 20.2 Å². The fraction of sp³-hybridized carbons (Fsp3) is 0.294. The highest BCUT2D eigenvalue weighted by Gasteiger charge is 2.13. The molecule has 7 nitrogen and oxygen atoms in total. The molecule has 2 rings (SSSR count). The number of hydrogen-bond donors (Lipinski definition) is 1. The fourth-order valence-electron chi connectivity index (χ4n) is 2.07. The molecule has 1 aromatic carbocycles. The number of amides is 2. The Kier molecular flexibility index (Phi) is 5.83. The zero-order valence-electron chi connectivity index (χ0n) is 13.9. The van der Waals surface area contributed by atoms with Crippen LogP contribution in [-0.4, -0.2) is 54.4 Å². The summed E-state index contributed by atoms with van der Waals surface area (Å²) in [6, 6.07) is 8.68. The van der Waals surface area contributed by atoms with Gasteiger partial charge in [0.25, 0.3) is 5.91 Å². The molecule has 24 heavy (non-hydrogen) atoms. The summed E-state index contributed by atoms with van der Waals surface area (Å²) in [5.74, 6) is 0.771. The molecule has 0 bridgehead atoms. The molecular formula is C17H20N4O3. The van der Waals surface area contributed by atoms with Gasteiger partial charge in [-0.3, -0.25) is 9.59 Å². The number of ether oxygens (including phenoxy) is 1. The minimum absolute atomic E-state index is 0.0971. The molecule has 0 fully saturated rings. The summed E-state index contributed by atoms with van der Waals surface area (Å²) in [4.78, 5) is 33.6. The van der Waals surface area contributed by atoms with Gasteiger partial charge in [0.2, 0.25) is 11.8 Å². The predicted octanol–water partition coefficient (Wildman–Crippen LogP) is 1.36. The second kappa shape index (κ2) is 8.05. The van der Waals surface area contributed by atoms with Crippen LogP contribution < -0.4 is 10.1 Å². The summed E-state index contributed by atoms with van der Waals surface area (Å²) < 4.78 is 5.08. The molecule has 0 aliphatic carbocycles. The molecule has 1 N–H and O–H groups in total. The third kappa shape index (κ3) is 4.28. The van der Waals surface area contributed by atoms with E-state index >= 15 is 0 Å². The highest BCUT2D eigenvalue weighted by Crippen LogP contribution is 2.18. The molecule has 0 radical (unpaired) electrons. The Bertz CT molecular complexity index is 716. The normalized spacial score (nSPS) is 10.1. The van der Waals surface area contributed by atoms with Crippen molar-refractivity contribution in [3.05, 3.63) is 42.1 Å². The highest BCUT2D eigenvalue weighted by atomic mass is 16.5. The van der Waals surface area contributed by atoms with E-state index in [1.165, 1.54) is 4.90 Å². The lowest BCUT2D eigenvalue weighted by atomic mass is 10.1. The van der Waals surface area contributed by atoms with Gasteiger partial charge < -0.3 is 15.0 Å². The van der Waals surface area contributed by atoms with Crippen LogP contribution in [0.2, 0.25) is 0 Å². The van der Waals surface area contributed by atoms with Crippen LogP contribution in [0.1, 0.15) is 16.8 Å². The first kappa shape index (κ1) is 17.4. The summed E-state index contributed by atoms with van der Waals surface area (Å²) >= 11 is 0. The van der Waals surface area contributed by atoms with E-state index in [9.17, 15) is 9.59 Å². The van der Waals surface area contributed by atoms with Crippen LogP contribution >= 0.6 is 0 Å². The standard InChI is InChI=1S/C17H20N4O3/c1-18-14(22)9-11-21(2)17(23)13-6-4-12(5-7-13)16-19-10-8-15(20-16)24-3/h4-8,10H,9,11H2,1-3H3,(H,18,22). The van der Waals surface area contributed by atoms with E-state index in [1.54, 1.807) is 57.7 Å². The molecule has 0 spiro atoms. The molecule has 0 aliphatic heterocycles. The number of rotatable bonds is 6. The Labute approximate surface area is 140 Å². The van der Waals surface area contributed by atoms with Crippen molar-refractivity contribution in [2.45, 2.75) is 6.42 Å². The Morgan fingerprint density at radius 2 is 1.92 bits per heavy atom. The average molecular weight is 328 g/mol. The number of hydrogen-bond acceptors (Lipinski definition) is 5. The van der Waals surface area contributed by atoms with Gasteiger partial charge in [0, 0.05) is 50.5 Å². The van der Waals surface area contributed by atoms with Gasteiger partial charge in [0.1, 0.15) is 0 Å². The molecule has 0 saturated carbocycles. The first-order chi connectivity index (χ1) is 11.5. The molecule has 1 aromatic heterocycles. The maximum atomic E-state index is 12.3. The average Bonchev–Trinajstić information content (AvgIpc) is 2.65. The van der Waals surface area contributed by atoms with Gasteiger partial charge >= 0.3 is 0 Å². The zero-order valence-corrected chi connectivity index (χ0v) is 13.9. The summed E-state index contributed by atoms with van der Waals surface area (Å²) in [5.41, 5.74) is 1.33. The summed E-state index contributed by atoms with van der Waals surface area (Å²) in [6.45, 7) is 0.360.